The van der Waals surface area contributed by atoms with Crippen LogP contribution in [-0.4, -0.2) is 23.7 Å². The Kier molecular flexibility index (Phi) is 4.48. The Bertz CT molecular complexity index is 739. The van der Waals surface area contributed by atoms with E-state index in [0.717, 1.165) is 27.1 Å². The minimum Gasteiger partial charge on any atom is -0.497 e. The summed E-state index contributed by atoms with van der Waals surface area (Å²) in [5.41, 5.74) is 3.00. The Morgan fingerprint density at radius 1 is 1.17 bits per heavy atom. The standard InChI is InChI=1S/C18H17BrN2O2/c1-12(22)21-18(14-3-7-15(19)8-4-14)11-17(20-21)13-5-9-16(23-2)10-6-13/h3-10,18H,11H2,1-2H3. The number of benzene rings is 2. The van der Waals surface area contributed by atoms with Crippen LogP contribution < -0.4 is 4.74 Å². The van der Waals surface area contributed by atoms with E-state index in [1.807, 2.05) is 48.5 Å². The van der Waals surface area contributed by atoms with Gasteiger partial charge in [-0.1, -0.05) is 28.1 Å². The molecule has 3 rings (SSSR count). The number of carbonyl (C=O) groups is 1. The average Bonchev–Trinajstić information content (AvgIpc) is 3.01. The van der Waals surface area contributed by atoms with Crippen molar-refractivity contribution in [3.05, 3.63) is 64.1 Å². The first-order valence-corrected chi connectivity index (χ1v) is 8.15. The highest BCUT2D eigenvalue weighted by atomic mass is 79.9. The number of hydrazone groups is 1. The van der Waals surface area contributed by atoms with Gasteiger partial charge in [0.05, 0.1) is 18.9 Å². The van der Waals surface area contributed by atoms with Gasteiger partial charge in [0.2, 0.25) is 5.91 Å². The van der Waals surface area contributed by atoms with Crippen molar-refractivity contribution in [1.82, 2.24) is 5.01 Å². The minimum absolute atomic E-state index is 0.0542. The van der Waals surface area contributed by atoms with Crippen LogP contribution in [0.2, 0.25) is 0 Å². The van der Waals surface area contributed by atoms with Crippen LogP contribution in [0.1, 0.15) is 30.5 Å². The zero-order valence-electron chi connectivity index (χ0n) is 13.0. The molecule has 1 aliphatic heterocycles. The van der Waals surface area contributed by atoms with Crippen LogP contribution in [0, 0.1) is 0 Å². The molecule has 1 aliphatic rings. The first-order valence-electron chi connectivity index (χ1n) is 7.35. The van der Waals surface area contributed by atoms with Crippen molar-refractivity contribution in [1.29, 1.82) is 0 Å². The van der Waals surface area contributed by atoms with E-state index in [9.17, 15) is 4.79 Å². The van der Waals surface area contributed by atoms with Gasteiger partial charge in [-0.25, -0.2) is 5.01 Å². The summed E-state index contributed by atoms with van der Waals surface area (Å²) < 4.78 is 6.20. The van der Waals surface area contributed by atoms with E-state index < -0.39 is 0 Å². The average molecular weight is 373 g/mol. The Morgan fingerprint density at radius 2 is 1.83 bits per heavy atom. The zero-order valence-corrected chi connectivity index (χ0v) is 14.6. The lowest BCUT2D eigenvalue weighted by Crippen LogP contribution is -2.24. The monoisotopic (exact) mass is 372 g/mol. The molecule has 0 bridgehead atoms. The highest BCUT2D eigenvalue weighted by Crippen LogP contribution is 2.33. The van der Waals surface area contributed by atoms with Crippen LogP contribution in [0.25, 0.3) is 0 Å². The summed E-state index contributed by atoms with van der Waals surface area (Å²) in [6.07, 6.45) is 0.702. The molecule has 0 aliphatic carbocycles. The molecule has 0 fully saturated rings. The number of nitrogens with zero attached hydrogens (tertiary/aromatic N) is 2. The Labute approximate surface area is 143 Å². The van der Waals surface area contributed by atoms with Gasteiger partial charge in [0.15, 0.2) is 0 Å². The highest BCUT2D eigenvalue weighted by molar-refractivity contribution is 9.10. The van der Waals surface area contributed by atoms with E-state index in [4.69, 9.17) is 4.74 Å². The molecule has 0 saturated heterocycles. The lowest BCUT2D eigenvalue weighted by molar-refractivity contribution is -0.130. The predicted octanol–water partition coefficient (Wildman–Crippen LogP) is 4.16. The molecule has 1 amide bonds. The van der Waals surface area contributed by atoms with Crippen molar-refractivity contribution in [2.24, 2.45) is 5.10 Å². The third-order valence-corrected chi connectivity index (χ3v) is 4.44. The van der Waals surface area contributed by atoms with E-state index in [0.29, 0.717) is 6.42 Å². The van der Waals surface area contributed by atoms with Crippen LogP contribution in [0.15, 0.2) is 58.1 Å². The molecule has 0 spiro atoms. The molecule has 5 heteroatoms. The topological polar surface area (TPSA) is 41.9 Å². The smallest absolute Gasteiger partial charge is 0.240 e. The molecule has 23 heavy (non-hydrogen) atoms. The number of hydrogen-bond donors (Lipinski definition) is 0. The SMILES string of the molecule is COc1ccc(C2=NN(C(C)=O)C(c3ccc(Br)cc3)C2)cc1. The number of rotatable bonds is 3. The lowest BCUT2D eigenvalue weighted by Gasteiger charge is -2.20. The van der Waals surface area contributed by atoms with Gasteiger partial charge in [0.1, 0.15) is 5.75 Å². The molecule has 2 aromatic carbocycles. The lowest BCUT2D eigenvalue weighted by atomic mass is 9.98. The number of halogens is 1. The summed E-state index contributed by atoms with van der Waals surface area (Å²) in [6.45, 7) is 1.55. The second kappa shape index (κ2) is 6.54. The van der Waals surface area contributed by atoms with Crippen molar-refractivity contribution in [3.63, 3.8) is 0 Å². The molecule has 1 heterocycles. The maximum atomic E-state index is 12.0. The van der Waals surface area contributed by atoms with Crippen molar-refractivity contribution < 1.29 is 9.53 Å². The molecule has 0 aromatic heterocycles. The fourth-order valence-electron chi connectivity index (χ4n) is 2.70. The van der Waals surface area contributed by atoms with E-state index in [2.05, 4.69) is 21.0 Å². The fraction of sp³-hybridized carbons (Fsp3) is 0.222. The van der Waals surface area contributed by atoms with Gasteiger partial charge in [-0.05, 0) is 47.5 Å². The number of amides is 1. The van der Waals surface area contributed by atoms with Gasteiger partial charge in [0.25, 0.3) is 0 Å². The van der Waals surface area contributed by atoms with Crippen LogP contribution in [-0.2, 0) is 4.79 Å². The molecular weight excluding hydrogens is 356 g/mol. The van der Waals surface area contributed by atoms with E-state index in [1.54, 1.807) is 19.0 Å². The quantitative estimate of drug-likeness (QED) is 0.811. The number of carbonyl (C=O) groups excluding carboxylic acids is 1. The highest BCUT2D eigenvalue weighted by Gasteiger charge is 2.31. The number of ether oxygens (including phenoxy) is 1. The summed E-state index contributed by atoms with van der Waals surface area (Å²) in [5.74, 6) is 0.752. The molecule has 118 valence electrons. The molecule has 0 N–H and O–H groups in total. The van der Waals surface area contributed by atoms with Gasteiger partial charge in [0, 0.05) is 17.8 Å². The van der Waals surface area contributed by atoms with E-state index in [1.165, 1.54) is 0 Å². The van der Waals surface area contributed by atoms with Gasteiger partial charge in [-0.3, -0.25) is 4.79 Å². The molecule has 0 saturated carbocycles. The largest absolute Gasteiger partial charge is 0.497 e. The molecule has 2 aromatic rings. The van der Waals surface area contributed by atoms with Crippen molar-refractivity contribution in [2.75, 3.05) is 7.11 Å². The van der Waals surface area contributed by atoms with Gasteiger partial charge in [-0.2, -0.15) is 5.10 Å². The fourth-order valence-corrected chi connectivity index (χ4v) is 2.97. The maximum Gasteiger partial charge on any atom is 0.240 e. The molecular formula is C18H17BrN2O2. The normalized spacial score (nSPS) is 17.1. The van der Waals surface area contributed by atoms with Crippen LogP contribution in [0.3, 0.4) is 0 Å². The summed E-state index contributed by atoms with van der Waals surface area (Å²) in [6, 6.07) is 15.7. The predicted molar refractivity (Wildman–Crippen MR) is 93.6 cm³/mol. The summed E-state index contributed by atoms with van der Waals surface area (Å²) >= 11 is 3.44. The van der Waals surface area contributed by atoms with Crippen molar-refractivity contribution in [3.8, 4) is 5.75 Å². The molecule has 1 atom stereocenters. The second-order valence-electron chi connectivity index (χ2n) is 5.41. The van der Waals surface area contributed by atoms with Gasteiger partial charge in [-0.15, -0.1) is 0 Å². The van der Waals surface area contributed by atoms with E-state index in [-0.39, 0.29) is 11.9 Å². The molecule has 4 nitrogen and oxygen atoms in total. The summed E-state index contributed by atoms with van der Waals surface area (Å²) in [7, 11) is 1.64. The first kappa shape index (κ1) is 15.7. The van der Waals surface area contributed by atoms with Crippen molar-refractivity contribution >= 4 is 27.5 Å². The number of hydrogen-bond acceptors (Lipinski definition) is 3. The Hall–Kier alpha value is -2.14. The van der Waals surface area contributed by atoms with Gasteiger partial charge >= 0.3 is 0 Å². The first-order chi connectivity index (χ1) is 11.1. The van der Waals surface area contributed by atoms with Crippen LogP contribution in [0.5, 0.6) is 5.75 Å². The maximum absolute atomic E-state index is 12.0. The third-order valence-electron chi connectivity index (χ3n) is 3.91. The Morgan fingerprint density at radius 3 is 2.39 bits per heavy atom. The summed E-state index contributed by atoms with van der Waals surface area (Å²) in [4.78, 5) is 12.0. The Balaban J connectivity index is 1.90. The second-order valence-corrected chi connectivity index (χ2v) is 6.33. The third kappa shape index (κ3) is 3.29. The minimum atomic E-state index is -0.0577. The van der Waals surface area contributed by atoms with Crippen LogP contribution >= 0.6 is 15.9 Å². The molecule has 0 radical (unpaired) electrons. The van der Waals surface area contributed by atoms with Crippen molar-refractivity contribution in [2.45, 2.75) is 19.4 Å². The number of methoxy groups -OCH3 is 1. The van der Waals surface area contributed by atoms with Gasteiger partial charge < -0.3 is 4.74 Å². The van der Waals surface area contributed by atoms with E-state index >= 15 is 0 Å². The summed E-state index contributed by atoms with van der Waals surface area (Å²) in [5, 5.41) is 6.11. The molecule has 1 unspecified atom stereocenters. The van der Waals surface area contributed by atoms with Crippen LogP contribution in [0.4, 0.5) is 0 Å². The zero-order chi connectivity index (χ0) is 16.4.